The lowest BCUT2D eigenvalue weighted by atomic mass is 10.2. The number of sulfonamides is 1. The Morgan fingerprint density at radius 2 is 1.80 bits per heavy atom. The molecule has 6 nitrogen and oxygen atoms in total. The Bertz CT molecular complexity index is 1210. The van der Waals surface area contributed by atoms with E-state index >= 15 is 0 Å². The Hall–Kier alpha value is -1.97. The van der Waals surface area contributed by atoms with E-state index in [1.54, 1.807) is 11.4 Å². The van der Waals surface area contributed by atoms with Crippen LogP contribution in [-0.2, 0) is 10.0 Å². The normalized spacial score (nSPS) is 14.7. The summed E-state index contributed by atoms with van der Waals surface area (Å²) < 4.78 is 27.0. The number of nitrogens with one attached hydrogen (secondary N) is 1. The number of hydrogen-bond acceptors (Lipinski definition) is 5. The van der Waals surface area contributed by atoms with E-state index in [4.69, 9.17) is 23.2 Å². The predicted molar refractivity (Wildman–Crippen MR) is 120 cm³/mol. The number of benzene rings is 2. The molecule has 2 heterocycles. The summed E-state index contributed by atoms with van der Waals surface area (Å²) in [7, 11) is -3.65. The van der Waals surface area contributed by atoms with Gasteiger partial charge in [-0.1, -0.05) is 41.4 Å². The third-order valence-corrected chi connectivity index (χ3v) is 8.07. The maximum absolute atomic E-state index is 12.8. The van der Waals surface area contributed by atoms with Crippen molar-refractivity contribution in [3.63, 3.8) is 0 Å². The number of hydrogen-bond donors (Lipinski definition) is 1. The molecule has 0 unspecified atom stereocenters. The van der Waals surface area contributed by atoms with Gasteiger partial charge in [-0.15, -0.1) is 11.3 Å². The highest BCUT2D eigenvalue weighted by atomic mass is 35.5. The molecule has 1 fully saturated rings. The molecule has 1 saturated heterocycles. The summed E-state index contributed by atoms with van der Waals surface area (Å²) in [6.45, 7) is 0.965. The van der Waals surface area contributed by atoms with E-state index in [9.17, 15) is 13.2 Å². The lowest BCUT2D eigenvalue weighted by Crippen LogP contribution is -2.28. The van der Waals surface area contributed by atoms with Crippen molar-refractivity contribution in [2.24, 2.45) is 0 Å². The number of carbonyl (C=O) groups is 1. The fourth-order valence-electron chi connectivity index (χ4n) is 3.20. The second-order valence-electron chi connectivity index (χ2n) is 6.72. The summed E-state index contributed by atoms with van der Waals surface area (Å²) in [6.07, 6.45) is 1.66. The van der Waals surface area contributed by atoms with Crippen molar-refractivity contribution in [2.45, 2.75) is 17.7 Å². The highest BCUT2D eigenvalue weighted by molar-refractivity contribution is 7.89. The van der Waals surface area contributed by atoms with Crippen molar-refractivity contribution in [2.75, 3.05) is 18.4 Å². The zero-order valence-corrected chi connectivity index (χ0v) is 18.8. The van der Waals surface area contributed by atoms with Gasteiger partial charge >= 0.3 is 0 Å². The molecule has 1 N–H and O–H groups in total. The van der Waals surface area contributed by atoms with Gasteiger partial charge in [0.2, 0.25) is 10.0 Å². The monoisotopic (exact) mass is 481 g/mol. The number of halogens is 2. The summed E-state index contributed by atoms with van der Waals surface area (Å²) in [5.41, 5.74) is 1.47. The van der Waals surface area contributed by atoms with E-state index in [0.717, 1.165) is 18.4 Å². The van der Waals surface area contributed by atoms with Gasteiger partial charge in [0, 0.05) is 29.1 Å². The van der Waals surface area contributed by atoms with Gasteiger partial charge in [-0.05, 0) is 37.1 Å². The fourth-order valence-corrected chi connectivity index (χ4v) is 5.89. The first kappa shape index (κ1) is 21.3. The molecule has 0 aliphatic carbocycles. The highest BCUT2D eigenvalue weighted by Gasteiger charge is 2.28. The Balaban J connectivity index is 1.58. The van der Waals surface area contributed by atoms with E-state index in [-0.39, 0.29) is 15.5 Å². The van der Waals surface area contributed by atoms with Crippen molar-refractivity contribution >= 4 is 55.6 Å². The Labute approximate surface area is 188 Å². The van der Waals surface area contributed by atoms with Crippen molar-refractivity contribution < 1.29 is 13.2 Å². The summed E-state index contributed by atoms with van der Waals surface area (Å²) in [5.74, 6) is -0.529. The quantitative estimate of drug-likeness (QED) is 0.545. The van der Waals surface area contributed by atoms with Crippen LogP contribution < -0.4 is 5.32 Å². The Morgan fingerprint density at radius 1 is 1.07 bits per heavy atom. The summed E-state index contributed by atoms with van der Waals surface area (Å²) >= 11 is 13.6. The number of amides is 1. The second kappa shape index (κ2) is 8.64. The standard InChI is InChI=1S/C20H17Cl2N3O3S2/c21-16-6-2-1-5-14(16)18-12-29-20(23-18)24-19(26)15-11-13(7-8-17(15)22)30(27,28)25-9-3-4-10-25/h1-2,5-8,11-12H,3-4,9-10H2,(H,23,24,26). The first-order valence-corrected chi connectivity index (χ1v) is 12.3. The number of rotatable bonds is 5. The minimum atomic E-state index is -3.65. The lowest BCUT2D eigenvalue weighted by molar-refractivity contribution is 0.102. The molecule has 1 aliphatic rings. The molecular formula is C20H17Cl2N3O3S2. The number of thiazole rings is 1. The smallest absolute Gasteiger partial charge is 0.259 e. The number of carbonyl (C=O) groups excluding carboxylic acids is 1. The molecule has 3 aromatic rings. The van der Waals surface area contributed by atoms with Crippen LogP contribution in [0, 0.1) is 0 Å². The van der Waals surface area contributed by atoms with Gasteiger partial charge in [-0.2, -0.15) is 4.31 Å². The minimum absolute atomic E-state index is 0.0508. The fraction of sp³-hybridized carbons (Fsp3) is 0.200. The molecular weight excluding hydrogens is 465 g/mol. The molecule has 0 atom stereocenters. The Morgan fingerprint density at radius 3 is 2.53 bits per heavy atom. The van der Waals surface area contributed by atoms with Crippen LogP contribution in [0.15, 0.2) is 52.7 Å². The first-order chi connectivity index (χ1) is 14.4. The molecule has 1 aliphatic heterocycles. The van der Waals surface area contributed by atoms with Gasteiger partial charge in [0.05, 0.1) is 21.2 Å². The van der Waals surface area contributed by atoms with Crippen molar-refractivity contribution in [3.8, 4) is 11.3 Å². The number of aromatic nitrogens is 1. The van der Waals surface area contributed by atoms with Gasteiger partial charge in [0.25, 0.3) is 5.91 Å². The van der Waals surface area contributed by atoms with Gasteiger partial charge in [-0.25, -0.2) is 13.4 Å². The molecule has 156 valence electrons. The summed E-state index contributed by atoms with van der Waals surface area (Å²) in [4.78, 5) is 17.2. The van der Waals surface area contributed by atoms with Gasteiger partial charge in [-0.3, -0.25) is 10.1 Å². The van der Waals surface area contributed by atoms with Crippen LogP contribution in [0.1, 0.15) is 23.2 Å². The Kier molecular flexibility index (Phi) is 6.13. The second-order valence-corrected chi connectivity index (χ2v) is 10.3. The molecule has 2 aromatic carbocycles. The topological polar surface area (TPSA) is 79.4 Å². The zero-order chi connectivity index (χ0) is 21.3. The maximum Gasteiger partial charge on any atom is 0.259 e. The summed E-state index contributed by atoms with van der Waals surface area (Å²) in [5, 5.41) is 5.56. The molecule has 0 radical (unpaired) electrons. The largest absolute Gasteiger partial charge is 0.298 e. The molecule has 0 saturated carbocycles. The van der Waals surface area contributed by atoms with Crippen molar-refractivity contribution in [1.29, 1.82) is 0 Å². The van der Waals surface area contributed by atoms with E-state index in [1.807, 2.05) is 18.2 Å². The van der Waals surface area contributed by atoms with Crippen LogP contribution in [0.5, 0.6) is 0 Å². The minimum Gasteiger partial charge on any atom is -0.298 e. The predicted octanol–water partition coefficient (Wildman–Crippen LogP) is 5.15. The van der Waals surface area contributed by atoms with Crippen LogP contribution >= 0.6 is 34.5 Å². The van der Waals surface area contributed by atoms with E-state index in [0.29, 0.717) is 28.9 Å². The van der Waals surface area contributed by atoms with Gasteiger partial charge in [0.1, 0.15) is 0 Å². The van der Waals surface area contributed by atoms with Crippen LogP contribution in [0.3, 0.4) is 0 Å². The van der Waals surface area contributed by atoms with Crippen molar-refractivity contribution in [3.05, 3.63) is 63.5 Å². The number of nitrogens with zero attached hydrogens (tertiary/aromatic N) is 2. The highest BCUT2D eigenvalue weighted by Crippen LogP contribution is 2.31. The van der Waals surface area contributed by atoms with E-state index in [1.165, 1.54) is 33.8 Å². The van der Waals surface area contributed by atoms with Crippen LogP contribution in [0.2, 0.25) is 10.0 Å². The third-order valence-electron chi connectivity index (χ3n) is 4.76. The van der Waals surface area contributed by atoms with Gasteiger partial charge in [0.15, 0.2) is 5.13 Å². The number of anilines is 1. The van der Waals surface area contributed by atoms with Crippen LogP contribution in [-0.4, -0.2) is 36.7 Å². The van der Waals surface area contributed by atoms with Crippen LogP contribution in [0.25, 0.3) is 11.3 Å². The third kappa shape index (κ3) is 4.24. The average Bonchev–Trinajstić information content (AvgIpc) is 3.41. The maximum atomic E-state index is 12.8. The molecule has 0 spiro atoms. The van der Waals surface area contributed by atoms with Crippen molar-refractivity contribution in [1.82, 2.24) is 9.29 Å². The van der Waals surface area contributed by atoms with Crippen LogP contribution in [0.4, 0.5) is 5.13 Å². The van der Waals surface area contributed by atoms with E-state index < -0.39 is 15.9 Å². The average molecular weight is 482 g/mol. The lowest BCUT2D eigenvalue weighted by Gasteiger charge is -2.16. The molecule has 1 amide bonds. The molecule has 0 bridgehead atoms. The SMILES string of the molecule is O=C(Nc1nc(-c2ccccc2Cl)cs1)c1cc(S(=O)(=O)N2CCCC2)ccc1Cl. The molecule has 1 aromatic heterocycles. The summed E-state index contributed by atoms with van der Waals surface area (Å²) in [6, 6.07) is 11.4. The molecule has 4 rings (SSSR count). The first-order valence-electron chi connectivity index (χ1n) is 9.18. The molecule has 10 heteroatoms. The molecule has 30 heavy (non-hydrogen) atoms. The van der Waals surface area contributed by atoms with Gasteiger partial charge < -0.3 is 0 Å². The zero-order valence-electron chi connectivity index (χ0n) is 15.6. The van der Waals surface area contributed by atoms with E-state index in [2.05, 4.69) is 10.3 Å².